The van der Waals surface area contributed by atoms with E-state index in [0.29, 0.717) is 11.3 Å². The molecular formula is C13H16O6S. The minimum Gasteiger partial charge on any atom is -0.490 e. The first-order valence-electron chi connectivity index (χ1n) is 5.89. The van der Waals surface area contributed by atoms with Crippen molar-refractivity contribution in [3.05, 3.63) is 29.8 Å². The SMILES string of the molecule is O=Cc1cccc(OCC(S)OCCOCC(=O)O)c1. The standard InChI is InChI=1S/C13H16O6S/c14-7-10-2-1-3-11(6-10)19-9-13(20)18-5-4-17-8-12(15)16/h1-3,6-7,13,20H,4-5,8-9H2,(H,15,16). The van der Waals surface area contributed by atoms with Crippen molar-refractivity contribution in [2.75, 3.05) is 26.4 Å². The van der Waals surface area contributed by atoms with Crippen molar-refractivity contribution in [2.24, 2.45) is 0 Å². The number of carboxylic acids is 1. The number of thiol groups is 1. The fourth-order valence-corrected chi connectivity index (χ4v) is 1.48. The number of benzene rings is 1. The maximum Gasteiger partial charge on any atom is 0.329 e. The summed E-state index contributed by atoms with van der Waals surface area (Å²) in [4.78, 5) is 20.8. The summed E-state index contributed by atoms with van der Waals surface area (Å²) < 4.78 is 15.5. The van der Waals surface area contributed by atoms with Gasteiger partial charge in [-0.05, 0) is 12.1 Å². The van der Waals surface area contributed by atoms with Crippen molar-refractivity contribution in [3.63, 3.8) is 0 Å². The van der Waals surface area contributed by atoms with E-state index in [9.17, 15) is 9.59 Å². The van der Waals surface area contributed by atoms with Crippen LogP contribution in [0.25, 0.3) is 0 Å². The van der Waals surface area contributed by atoms with Crippen molar-refractivity contribution in [1.82, 2.24) is 0 Å². The van der Waals surface area contributed by atoms with E-state index in [1.165, 1.54) is 0 Å². The maximum absolute atomic E-state index is 10.6. The number of carbonyl (C=O) groups excluding carboxylic acids is 1. The van der Waals surface area contributed by atoms with Crippen molar-refractivity contribution in [1.29, 1.82) is 0 Å². The van der Waals surface area contributed by atoms with Gasteiger partial charge in [-0.15, -0.1) is 12.6 Å². The van der Waals surface area contributed by atoms with Gasteiger partial charge in [-0.3, -0.25) is 4.79 Å². The summed E-state index contributed by atoms with van der Waals surface area (Å²) in [7, 11) is 0. The van der Waals surface area contributed by atoms with E-state index in [1.807, 2.05) is 0 Å². The first-order valence-corrected chi connectivity index (χ1v) is 6.40. The van der Waals surface area contributed by atoms with E-state index in [0.717, 1.165) is 6.29 Å². The Hall–Kier alpha value is -1.57. The number of ether oxygens (including phenoxy) is 3. The Bertz CT molecular complexity index is 437. The van der Waals surface area contributed by atoms with Crippen LogP contribution in [0.4, 0.5) is 0 Å². The summed E-state index contributed by atoms with van der Waals surface area (Å²) in [5.41, 5.74) is 0.0597. The van der Waals surface area contributed by atoms with Gasteiger partial charge < -0.3 is 19.3 Å². The van der Waals surface area contributed by atoms with Crippen LogP contribution in [-0.2, 0) is 14.3 Å². The van der Waals surface area contributed by atoms with Crippen LogP contribution >= 0.6 is 12.6 Å². The smallest absolute Gasteiger partial charge is 0.329 e. The normalized spacial score (nSPS) is 11.8. The number of rotatable bonds is 10. The maximum atomic E-state index is 10.6. The van der Waals surface area contributed by atoms with Gasteiger partial charge in [0, 0.05) is 5.56 Å². The lowest BCUT2D eigenvalue weighted by Crippen LogP contribution is -2.19. The zero-order chi connectivity index (χ0) is 14.8. The van der Waals surface area contributed by atoms with Gasteiger partial charge in [0.05, 0.1) is 13.2 Å². The predicted molar refractivity (Wildman–Crippen MR) is 74.5 cm³/mol. The number of carboxylic acid groups (broad SMARTS) is 1. The average molecular weight is 300 g/mol. The molecule has 0 spiro atoms. The van der Waals surface area contributed by atoms with Gasteiger partial charge in [0.15, 0.2) is 0 Å². The van der Waals surface area contributed by atoms with Gasteiger partial charge in [-0.25, -0.2) is 4.79 Å². The molecule has 1 atom stereocenters. The highest BCUT2D eigenvalue weighted by molar-refractivity contribution is 7.80. The van der Waals surface area contributed by atoms with E-state index in [4.69, 9.17) is 19.3 Å². The van der Waals surface area contributed by atoms with Crippen molar-refractivity contribution >= 4 is 24.9 Å². The van der Waals surface area contributed by atoms with E-state index in [-0.39, 0.29) is 26.4 Å². The van der Waals surface area contributed by atoms with Crippen LogP contribution in [0.2, 0.25) is 0 Å². The molecule has 0 saturated heterocycles. The first kappa shape index (κ1) is 16.5. The fourth-order valence-electron chi connectivity index (χ4n) is 1.30. The van der Waals surface area contributed by atoms with Crippen LogP contribution in [-0.4, -0.2) is 49.2 Å². The van der Waals surface area contributed by atoms with Crippen LogP contribution in [0.15, 0.2) is 24.3 Å². The Morgan fingerprint density at radius 2 is 2.20 bits per heavy atom. The topological polar surface area (TPSA) is 82.1 Å². The molecule has 6 nitrogen and oxygen atoms in total. The van der Waals surface area contributed by atoms with Gasteiger partial charge in [0.1, 0.15) is 30.7 Å². The average Bonchev–Trinajstić information content (AvgIpc) is 2.44. The molecule has 0 bridgehead atoms. The molecule has 0 saturated carbocycles. The number of aldehydes is 1. The molecule has 1 aromatic rings. The van der Waals surface area contributed by atoms with Crippen LogP contribution in [0.5, 0.6) is 5.75 Å². The molecule has 20 heavy (non-hydrogen) atoms. The molecule has 0 aliphatic carbocycles. The van der Waals surface area contributed by atoms with Crippen molar-refractivity contribution < 1.29 is 28.9 Å². The van der Waals surface area contributed by atoms with E-state index < -0.39 is 11.4 Å². The Morgan fingerprint density at radius 1 is 1.40 bits per heavy atom. The van der Waals surface area contributed by atoms with Gasteiger partial charge in [-0.2, -0.15) is 0 Å². The highest BCUT2D eigenvalue weighted by Gasteiger charge is 2.05. The summed E-state index contributed by atoms with van der Waals surface area (Å²) in [6.07, 6.45) is 0.737. The molecule has 0 heterocycles. The summed E-state index contributed by atoms with van der Waals surface area (Å²) in [6, 6.07) is 6.73. The van der Waals surface area contributed by atoms with Crippen LogP contribution < -0.4 is 4.74 Å². The molecule has 1 unspecified atom stereocenters. The number of hydrogen-bond donors (Lipinski definition) is 2. The monoisotopic (exact) mass is 300 g/mol. The molecule has 110 valence electrons. The summed E-state index contributed by atoms with van der Waals surface area (Å²) in [5, 5.41) is 8.35. The van der Waals surface area contributed by atoms with Gasteiger partial charge in [0.2, 0.25) is 0 Å². The molecule has 1 rings (SSSR count). The zero-order valence-electron chi connectivity index (χ0n) is 10.7. The largest absolute Gasteiger partial charge is 0.490 e. The van der Waals surface area contributed by atoms with Crippen LogP contribution in [0.1, 0.15) is 10.4 Å². The van der Waals surface area contributed by atoms with Crippen LogP contribution in [0, 0.1) is 0 Å². The lowest BCUT2D eigenvalue weighted by Gasteiger charge is -2.13. The van der Waals surface area contributed by atoms with E-state index >= 15 is 0 Å². The number of hydrogen-bond acceptors (Lipinski definition) is 6. The highest BCUT2D eigenvalue weighted by Crippen LogP contribution is 2.13. The second-order valence-electron chi connectivity index (χ2n) is 3.77. The summed E-state index contributed by atoms with van der Waals surface area (Å²) in [6.45, 7) is 0.239. The Balaban J connectivity index is 2.17. The molecule has 0 aliphatic heterocycles. The lowest BCUT2D eigenvalue weighted by atomic mass is 10.2. The molecular weight excluding hydrogens is 284 g/mol. The lowest BCUT2D eigenvalue weighted by molar-refractivity contribution is -0.142. The third-order valence-corrected chi connectivity index (χ3v) is 2.45. The second kappa shape index (κ2) is 9.35. The Kier molecular flexibility index (Phi) is 7.71. The van der Waals surface area contributed by atoms with Gasteiger partial charge in [0.25, 0.3) is 0 Å². The molecule has 1 N–H and O–H groups in total. The predicted octanol–water partition coefficient (Wildman–Crippen LogP) is 1.25. The molecule has 0 aliphatic rings. The quantitative estimate of drug-likeness (QED) is 0.293. The Labute approximate surface area is 122 Å². The van der Waals surface area contributed by atoms with Crippen molar-refractivity contribution in [2.45, 2.75) is 5.44 Å². The van der Waals surface area contributed by atoms with Crippen molar-refractivity contribution in [3.8, 4) is 5.75 Å². The van der Waals surface area contributed by atoms with E-state index in [1.54, 1.807) is 24.3 Å². The molecule has 1 aromatic carbocycles. The highest BCUT2D eigenvalue weighted by atomic mass is 32.1. The third kappa shape index (κ3) is 7.13. The summed E-state index contributed by atoms with van der Waals surface area (Å²) in [5.74, 6) is -0.467. The summed E-state index contributed by atoms with van der Waals surface area (Å²) >= 11 is 4.16. The molecule has 0 fully saturated rings. The number of carbonyl (C=O) groups is 2. The zero-order valence-corrected chi connectivity index (χ0v) is 11.6. The third-order valence-electron chi connectivity index (χ3n) is 2.15. The van der Waals surface area contributed by atoms with Gasteiger partial charge in [-0.1, -0.05) is 12.1 Å². The second-order valence-corrected chi connectivity index (χ2v) is 4.35. The number of aliphatic carboxylic acids is 1. The fraction of sp³-hybridized carbons (Fsp3) is 0.385. The van der Waals surface area contributed by atoms with Crippen LogP contribution in [0.3, 0.4) is 0 Å². The first-order chi connectivity index (χ1) is 9.61. The molecule has 7 heteroatoms. The minimum absolute atomic E-state index is 0.171. The molecule has 0 radical (unpaired) electrons. The molecule has 0 amide bonds. The molecule has 0 aromatic heterocycles. The van der Waals surface area contributed by atoms with E-state index in [2.05, 4.69) is 12.6 Å². The Morgan fingerprint density at radius 3 is 2.90 bits per heavy atom. The van der Waals surface area contributed by atoms with Gasteiger partial charge >= 0.3 is 5.97 Å². The minimum atomic E-state index is -1.02.